The zero-order valence-corrected chi connectivity index (χ0v) is 14.5. The molecule has 0 aliphatic heterocycles. The van der Waals surface area contributed by atoms with Crippen molar-refractivity contribution < 1.29 is 34.5 Å². The number of carbonyl (C=O) groups excluding carboxylic acids is 2. The minimum absolute atomic E-state index is 0.0133. The van der Waals surface area contributed by atoms with E-state index in [1.54, 1.807) is 0 Å². The number of hydrogen-bond acceptors (Lipinski definition) is 5. The Bertz CT molecular complexity index is 486. The number of Topliss-reactive ketones (excluding diaryl/α,β-unsaturated/α-hetero) is 2. The van der Waals surface area contributed by atoms with Crippen molar-refractivity contribution >= 4 is 23.5 Å². The molecule has 0 saturated heterocycles. The zero-order chi connectivity index (χ0) is 18.8. The molecular formula is C18H28O7. The fourth-order valence-corrected chi connectivity index (χ4v) is 3.49. The summed E-state index contributed by atoms with van der Waals surface area (Å²) in [5.74, 6) is -2.34. The number of aliphatic carboxylic acids is 2. The van der Waals surface area contributed by atoms with E-state index in [2.05, 4.69) is 0 Å². The van der Waals surface area contributed by atoms with Gasteiger partial charge in [0.2, 0.25) is 0 Å². The fourth-order valence-electron chi connectivity index (χ4n) is 3.49. The fraction of sp³-hybridized carbons (Fsp3) is 0.778. The summed E-state index contributed by atoms with van der Waals surface area (Å²) in [7, 11) is 0. The van der Waals surface area contributed by atoms with Gasteiger partial charge in [0.25, 0.3) is 0 Å². The molecule has 25 heavy (non-hydrogen) atoms. The molecular weight excluding hydrogens is 328 g/mol. The lowest BCUT2D eigenvalue weighted by Gasteiger charge is -2.20. The average Bonchev–Trinajstić information content (AvgIpc) is 2.78. The van der Waals surface area contributed by atoms with Crippen LogP contribution >= 0.6 is 0 Å². The summed E-state index contributed by atoms with van der Waals surface area (Å²) in [6.45, 7) is 0. The number of hydrogen-bond donors (Lipinski definition) is 3. The lowest BCUT2D eigenvalue weighted by molar-refractivity contribution is -0.138. The van der Waals surface area contributed by atoms with Crippen molar-refractivity contribution in [2.75, 3.05) is 0 Å². The lowest BCUT2D eigenvalue weighted by atomic mass is 9.85. The Morgan fingerprint density at radius 1 is 0.840 bits per heavy atom. The molecule has 0 unspecified atom stereocenters. The van der Waals surface area contributed by atoms with Crippen LogP contribution in [-0.2, 0) is 19.2 Å². The molecule has 0 aromatic heterocycles. The first-order valence-corrected chi connectivity index (χ1v) is 8.97. The molecule has 142 valence electrons. The van der Waals surface area contributed by atoms with Crippen molar-refractivity contribution in [3.63, 3.8) is 0 Å². The van der Waals surface area contributed by atoms with E-state index < -0.39 is 18.0 Å². The number of ketones is 2. The van der Waals surface area contributed by atoms with Crippen LogP contribution in [-0.4, -0.2) is 44.9 Å². The van der Waals surface area contributed by atoms with E-state index >= 15 is 0 Å². The summed E-state index contributed by atoms with van der Waals surface area (Å²) in [6, 6.07) is 0. The smallest absolute Gasteiger partial charge is 0.303 e. The molecule has 3 atom stereocenters. The highest BCUT2D eigenvalue weighted by Crippen LogP contribution is 2.36. The summed E-state index contributed by atoms with van der Waals surface area (Å²) >= 11 is 0. The lowest BCUT2D eigenvalue weighted by Crippen LogP contribution is -2.21. The van der Waals surface area contributed by atoms with Crippen LogP contribution < -0.4 is 0 Å². The van der Waals surface area contributed by atoms with Gasteiger partial charge in [0.15, 0.2) is 0 Å². The number of aliphatic hydroxyl groups is 1. The Kier molecular flexibility index (Phi) is 9.34. The van der Waals surface area contributed by atoms with Gasteiger partial charge in [-0.1, -0.05) is 6.42 Å². The second-order valence-corrected chi connectivity index (χ2v) is 6.83. The number of aliphatic hydroxyl groups excluding tert-OH is 1. The van der Waals surface area contributed by atoms with Crippen LogP contribution in [0.4, 0.5) is 0 Å². The van der Waals surface area contributed by atoms with E-state index in [1.165, 1.54) is 0 Å². The third kappa shape index (κ3) is 8.25. The maximum Gasteiger partial charge on any atom is 0.303 e. The molecule has 0 bridgehead atoms. The molecule has 7 heteroatoms. The monoisotopic (exact) mass is 356 g/mol. The summed E-state index contributed by atoms with van der Waals surface area (Å²) < 4.78 is 0. The molecule has 0 amide bonds. The van der Waals surface area contributed by atoms with Crippen LogP contribution in [0.3, 0.4) is 0 Å². The van der Waals surface area contributed by atoms with Gasteiger partial charge in [0.1, 0.15) is 11.6 Å². The molecule has 0 aromatic carbocycles. The maximum atomic E-state index is 12.0. The number of rotatable bonds is 13. The topological polar surface area (TPSA) is 129 Å². The van der Waals surface area contributed by atoms with E-state index in [-0.39, 0.29) is 49.1 Å². The first-order valence-electron chi connectivity index (χ1n) is 8.97. The first-order chi connectivity index (χ1) is 11.8. The average molecular weight is 356 g/mol. The molecule has 1 rings (SSSR count). The number of carboxylic acids is 2. The van der Waals surface area contributed by atoms with Gasteiger partial charge in [-0.05, 0) is 38.0 Å². The molecule has 0 aromatic rings. The van der Waals surface area contributed by atoms with Crippen molar-refractivity contribution in [3.05, 3.63) is 0 Å². The molecule has 0 heterocycles. The van der Waals surface area contributed by atoms with E-state index in [4.69, 9.17) is 10.2 Å². The molecule has 0 radical (unpaired) electrons. The predicted octanol–water partition coefficient (Wildman–Crippen LogP) is 2.19. The van der Waals surface area contributed by atoms with Gasteiger partial charge < -0.3 is 15.3 Å². The van der Waals surface area contributed by atoms with Crippen molar-refractivity contribution in [3.8, 4) is 0 Å². The van der Waals surface area contributed by atoms with Gasteiger partial charge in [-0.3, -0.25) is 19.2 Å². The zero-order valence-electron chi connectivity index (χ0n) is 14.5. The summed E-state index contributed by atoms with van der Waals surface area (Å²) in [6.07, 6.45) is 3.33. The molecule has 0 spiro atoms. The largest absolute Gasteiger partial charge is 0.481 e. The summed E-state index contributed by atoms with van der Waals surface area (Å²) in [4.78, 5) is 44.9. The Morgan fingerprint density at radius 3 is 2.08 bits per heavy atom. The minimum atomic E-state index is -0.895. The van der Waals surface area contributed by atoms with Crippen molar-refractivity contribution in [2.24, 2.45) is 11.8 Å². The molecule has 1 aliphatic carbocycles. The van der Waals surface area contributed by atoms with Crippen LogP contribution in [0.25, 0.3) is 0 Å². The van der Waals surface area contributed by atoms with Crippen molar-refractivity contribution in [1.82, 2.24) is 0 Å². The summed E-state index contributed by atoms with van der Waals surface area (Å²) in [5, 5.41) is 27.2. The van der Waals surface area contributed by atoms with E-state index in [0.29, 0.717) is 44.9 Å². The Hall–Kier alpha value is -1.76. The summed E-state index contributed by atoms with van der Waals surface area (Å²) in [5.41, 5.74) is 0. The third-order valence-electron chi connectivity index (χ3n) is 4.84. The number of carboxylic acid groups (broad SMARTS) is 2. The van der Waals surface area contributed by atoms with Gasteiger partial charge in [0, 0.05) is 38.0 Å². The molecule has 3 N–H and O–H groups in total. The van der Waals surface area contributed by atoms with Crippen molar-refractivity contribution in [2.45, 2.75) is 76.7 Å². The second-order valence-electron chi connectivity index (χ2n) is 6.83. The Balaban J connectivity index is 2.31. The normalized spacial score (nSPS) is 22.9. The van der Waals surface area contributed by atoms with Crippen molar-refractivity contribution in [1.29, 1.82) is 0 Å². The highest BCUT2D eigenvalue weighted by Gasteiger charge is 2.40. The van der Waals surface area contributed by atoms with Crippen LogP contribution in [0.1, 0.15) is 70.6 Å². The van der Waals surface area contributed by atoms with E-state index in [1.807, 2.05) is 0 Å². The van der Waals surface area contributed by atoms with Gasteiger partial charge >= 0.3 is 11.9 Å². The van der Waals surface area contributed by atoms with Gasteiger partial charge in [0.05, 0.1) is 6.10 Å². The standard InChI is InChI=1S/C18H28O7/c19-12(5-2-1-3-7-17(22)23)9-10-14-13(6-4-8-18(24)25)15(20)11-16(14)21/h13-15,20H,1-11H2,(H,22,23)(H,24,25)/t13-,14-,15+/m1/s1. The third-order valence-corrected chi connectivity index (χ3v) is 4.84. The highest BCUT2D eigenvalue weighted by atomic mass is 16.4. The van der Waals surface area contributed by atoms with Crippen LogP contribution in [0, 0.1) is 11.8 Å². The van der Waals surface area contributed by atoms with E-state index in [0.717, 1.165) is 0 Å². The highest BCUT2D eigenvalue weighted by molar-refractivity contribution is 5.85. The van der Waals surface area contributed by atoms with Crippen LogP contribution in [0.15, 0.2) is 0 Å². The van der Waals surface area contributed by atoms with Gasteiger partial charge in [-0.15, -0.1) is 0 Å². The second kappa shape index (κ2) is 11.0. The molecule has 1 aliphatic rings. The SMILES string of the molecule is O=C(O)CCCCCC(=O)CC[C@H]1C(=O)C[C@H](O)[C@@H]1CCCC(=O)O. The quantitative estimate of drug-likeness (QED) is 0.431. The van der Waals surface area contributed by atoms with Crippen LogP contribution in [0.5, 0.6) is 0 Å². The Labute approximate surface area is 147 Å². The first kappa shape index (κ1) is 21.3. The molecule has 1 saturated carbocycles. The number of unbranched alkanes of at least 4 members (excludes halogenated alkanes) is 2. The van der Waals surface area contributed by atoms with E-state index in [9.17, 15) is 24.3 Å². The molecule has 7 nitrogen and oxygen atoms in total. The Morgan fingerprint density at radius 2 is 1.44 bits per heavy atom. The van der Waals surface area contributed by atoms with Crippen LogP contribution in [0.2, 0.25) is 0 Å². The minimum Gasteiger partial charge on any atom is -0.481 e. The maximum absolute atomic E-state index is 12.0. The predicted molar refractivity (Wildman–Crippen MR) is 89.1 cm³/mol. The van der Waals surface area contributed by atoms with Gasteiger partial charge in [-0.2, -0.15) is 0 Å². The number of carbonyl (C=O) groups is 4. The van der Waals surface area contributed by atoms with Gasteiger partial charge in [-0.25, -0.2) is 0 Å². The molecule has 1 fully saturated rings.